The molecule has 0 spiro atoms. The number of anilines is 1. The number of carbonyl (C=O) groups is 2. The number of halogens is 1. The van der Waals surface area contributed by atoms with Gasteiger partial charge in [-0.05, 0) is 75.6 Å². The van der Waals surface area contributed by atoms with E-state index in [9.17, 15) is 9.59 Å². The van der Waals surface area contributed by atoms with Crippen molar-refractivity contribution < 1.29 is 14.7 Å². The largest absolute Gasteiger partial charge is 0.481 e. The second kappa shape index (κ2) is 12.0. The molecular formula is C32H33ClN4O3. The van der Waals surface area contributed by atoms with E-state index in [1.54, 1.807) is 0 Å². The average Bonchev–Trinajstić information content (AvgIpc) is 2.96. The minimum Gasteiger partial charge on any atom is -0.481 e. The van der Waals surface area contributed by atoms with Crippen molar-refractivity contribution >= 4 is 40.2 Å². The van der Waals surface area contributed by atoms with Crippen LogP contribution in [0.25, 0.3) is 22.3 Å². The van der Waals surface area contributed by atoms with E-state index in [2.05, 4.69) is 30.9 Å². The lowest BCUT2D eigenvalue weighted by atomic mass is 10.0. The predicted octanol–water partition coefficient (Wildman–Crippen LogP) is 6.49. The zero-order valence-electron chi connectivity index (χ0n) is 22.8. The summed E-state index contributed by atoms with van der Waals surface area (Å²) in [5.41, 5.74) is 5.53. The van der Waals surface area contributed by atoms with Gasteiger partial charge in [-0.2, -0.15) is 0 Å². The van der Waals surface area contributed by atoms with Crippen LogP contribution in [0.2, 0.25) is 5.02 Å². The third kappa shape index (κ3) is 6.10. The predicted molar refractivity (Wildman–Crippen MR) is 159 cm³/mol. The van der Waals surface area contributed by atoms with Crippen LogP contribution in [-0.4, -0.2) is 57.0 Å². The van der Waals surface area contributed by atoms with Crippen LogP contribution in [0.1, 0.15) is 49.2 Å². The maximum absolute atomic E-state index is 13.7. The van der Waals surface area contributed by atoms with E-state index in [1.807, 2.05) is 65.6 Å². The highest BCUT2D eigenvalue weighted by Crippen LogP contribution is 2.28. The van der Waals surface area contributed by atoms with E-state index in [-0.39, 0.29) is 24.4 Å². The number of unbranched alkanes of at least 4 members (excludes halogenated alkanes) is 1. The van der Waals surface area contributed by atoms with Gasteiger partial charge in [-0.1, -0.05) is 41.9 Å². The van der Waals surface area contributed by atoms with Crippen LogP contribution < -0.4 is 4.90 Å². The van der Waals surface area contributed by atoms with Crippen LogP contribution in [-0.2, 0) is 11.2 Å². The minimum atomic E-state index is -0.807. The number of amides is 1. The number of piperazine rings is 1. The third-order valence-electron chi connectivity index (χ3n) is 7.49. The fourth-order valence-electron chi connectivity index (χ4n) is 5.36. The molecule has 5 rings (SSSR count). The average molecular weight is 557 g/mol. The maximum atomic E-state index is 13.7. The zero-order valence-corrected chi connectivity index (χ0v) is 23.5. The number of aromatic nitrogens is 2. The summed E-state index contributed by atoms with van der Waals surface area (Å²) in [6, 6.07) is 23.5. The summed E-state index contributed by atoms with van der Waals surface area (Å²) in [5, 5.41) is 9.67. The molecule has 1 aliphatic rings. The van der Waals surface area contributed by atoms with Gasteiger partial charge >= 0.3 is 5.97 Å². The molecule has 1 N–H and O–H groups in total. The number of aryl methyl sites for hydroxylation is 1. The first-order chi connectivity index (χ1) is 19.3. The van der Waals surface area contributed by atoms with Crippen molar-refractivity contribution in [3.63, 3.8) is 0 Å². The Morgan fingerprint density at radius 2 is 1.65 bits per heavy atom. The molecule has 1 aromatic heterocycles. The molecule has 1 saturated heterocycles. The summed E-state index contributed by atoms with van der Waals surface area (Å²) in [6.07, 6.45) is 1.93. The van der Waals surface area contributed by atoms with E-state index in [0.29, 0.717) is 47.4 Å². The summed E-state index contributed by atoms with van der Waals surface area (Å²) in [7, 11) is 0. The van der Waals surface area contributed by atoms with Gasteiger partial charge in [0.25, 0.3) is 5.91 Å². The Morgan fingerprint density at radius 3 is 2.38 bits per heavy atom. The summed E-state index contributed by atoms with van der Waals surface area (Å²) in [6.45, 7) is 5.63. The Labute approximate surface area is 239 Å². The lowest BCUT2D eigenvalue weighted by Gasteiger charge is -2.45. The summed E-state index contributed by atoms with van der Waals surface area (Å²) >= 11 is 6.11. The number of fused-ring (bicyclic) bond motifs is 1. The standard InChI is InChI=1S/C32H33ClN4O3/c1-21-20-37(22(2)19-36(21)26-8-4-3-5-9-26)32(40)24-14-17-27-29(18-24)34-28(10-6-7-11-30(38)39)31(35-27)23-12-15-25(33)16-13-23/h3-5,8-9,12-18,21-22H,6-7,10-11,19-20H2,1-2H3,(H,38,39)/t21-,22+/m1/s1. The first-order valence-corrected chi connectivity index (χ1v) is 14.1. The van der Waals surface area contributed by atoms with Gasteiger partial charge in [-0.25, -0.2) is 9.97 Å². The highest BCUT2D eigenvalue weighted by molar-refractivity contribution is 6.30. The molecule has 4 aromatic rings. The molecule has 2 heterocycles. The van der Waals surface area contributed by atoms with E-state index in [0.717, 1.165) is 23.5 Å². The van der Waals surface area contributed by atoms with Crippen molar-refractivity contribution in [3.8, 4) is 11.3 Å². The first kappa shape index (κ1) is 27.6. The van der Waals surface area contributed by atoms with Gasteiger partial charge in [-0.15, -0.1) is 0 Å². The van der Waals surface area contributed by atoms with Crippen molar-refractivity contribution in [3.05, 3.63) is 89.1 Å². The molecule has 0 radical (unpaired) electrons. The Kier molecular flexibility index (Phi) is 8.31. The summed E-state index contributed by atoms with van der Waals surface area (Å²) in [4.78, 5) is 38.9. The smallest absolute Gasteiger partial charge is 0.303 e. The lowest BCUT2D eigenvalue weighted by Crippen LogP contribution is -2.58. The number of carbonyl (C=O) groups excluding carboxylic acids is 1. The molecule has 0 unspecified atom stereocenters. The molecule has 40 heavy (non-hydrogen) atoms. The molecule has 8 heteroatoms. The molecule has 2 atom stereocenters. The number of rotatable bonds is 8. The van der Waals surface area contributed by atoms with Gasteiger partial charge in [-0.3, -0.25) is 9.59 Å². The van der Waals surface area contributed by atoms with Crippen LogP contribution in [0.5, 0.6) is 0 Å². The van der Waals surface area contributed by atoms with Crippen molar-refractivity contribution in [2.75, 3.05) is 18.0 Å². The van der Waals surface area contributed by atoms with Crippen LogP contribution in [0.3, 0.4) is 0 Å². The van der Waals surface area contributed by atoms with Crippen LogP contribution in [0, 0.1) is 0 Å². The lowest BCUT2D eigenvalue weighted by molar-refractivity contribution is -0.137. The Bertz CT molecular complexity index is 1510. The molecule has 0 aliphatic carbocycles. The third-order valence-corrected chi connectivity index (χ3v) is 7.74. The van der Waals surface area contributed by atoms with Crippen molar-refractivity contribution in [1.82, 2.24) is 14.9 Å². The number of nitrogens with zero attached hydrogens (tertiary/aromatic N) is 4. The van der Waals surface area contributed by atoms with Gasteiger partial charge in [0.05, 0.1) is 22.4 Å². The Balaban J connectivity index is 1.42. The van der Waals surface area contributed by atoms with Crippen molar-refractivity contribution in [2.45, 2.75) is 51.6 Å². The van der Waals surface area contributed by atoms with E-state index in [4.69, 9.17) is 26.7 Å². The van der Waals surface area contributed by atoms with E-state index < -0.39 is 5.97 Å². The topological polar surface area (TPSA) is 86.6 Å². The maximum Gasteiger partial charge on any atom is 0.303 e. The minimum absolute atomic E-state index is 0.0134. The molecular weight excluding hydrogens is 524 g/mol. The summed E-state index contributed by atoms with van der Waals surface area (Å²) < 4.78 is 0. The molecule has 1 fully saturated rings. The second-order valence-electron chi connectivity index (χ2n) is 10.5. The number of hydrogen-bond acceptors (Lipinski definition) is 5. The number of carboxylic acids is 1. The van der Waals surface area contributed by atoms with Crippen LogP contribution in [0.4, 0.5) is 5.69 Å². The van der Waals surface area contributed by atoms with Gasteiger partial charge in [0.2, 0.25) is 0 Å². The fourth-order valence-corrected chi connectivity index (χ4v) is 5.49. The van der Waals surface area contributed by atoms with Gasteiger partial charge < -0.3 is 14.9 Å². The Hall–Kier alpha value is -3.97. The second-order valence-corrected chi connectivity index (χ2v) is 10.9. The fraction of sp³-hybridized carbons (Fsp3) is 0.312. The van der Waals surface area contributed by atoms with E-state index in [1.165, 1.54) is 5.69 Å². The van der Waals surface area contributed by atoms with E-state index >= 15 is 0 Å². The normalized spacial score (nSPS) is 17.3. The molecule has 0 saturated carbocycles. The van der Waals surface area contributed by atoms with Crippen LogP contribution >= 0.6 is 11.6 Å². The van der Waals surface area contributed by atoms with Gasteiger partial charge in [0.15, 0.2) is 0 Å². The molecule has 0 bridgehead atoms. The molecule has 206 valence electrons. The van der Waals surface area contributed by atoms with Crippen molar-refractivity contribution in [2.24, 2.45) is 0 Å². The highest BCUT2D eigenvalue weighted by atomic mass is 35.5. The van der Waals surface area contributed by atoms with Crippen LogP contribution in [0.15, 0.2) is 72.8 Å². The highest BCUT2D eigenvalue weighted by Gasteiger charge is 2.32. The molecule has 3 aromatic carbocycles. The first-order valence-electron chi connectivity index (χ1n) is 13.7. The molecule has 1 amide bonds. The number of carboxylic acid groups (broad SMARTS) is 1. The monoisotopic (exact) mass is 556 g/mol. The Morgan fingerprint density at radius 1 is 0.900 bits per heavy atom. The zero-order chi connectivity index (χ0) is 28.2. The van der Waals surface area contributed by atoms with Gasteiger partial charge in [0.1, 0.15) is 0 Å². The van der Waals surface area contributed by atoms with Gasteiger partial charge in [0, 0.05) is 53.4 Å². The molecule has 1 aliphatic heterocycles. The SMILES string of the molecule is C[C@@H]1CN(C(=O)c2ccc3nc(-c4ccc(Cl)cc4)c(CCCCC(=O)O)nc3c2)[C@@H](C)CN1c1ccccc1. The quantitative estimate of drug-likeness (QED) is 0.250. The number of para-hydroxylation sites is 1. The summed E-state index contributed by atoms with van der Waals surface area (Å²) in [5.74, 6) is -0.820. The number of benzene rings is 3. The number of hydrogen-bond donors (Lipinski definition) is 1. The van der Waals surface area contributed by atoms with Crippen molar-refractivity contribution in [1.29, 1.82) is 0 Å². The molecule has 7 nitrogen and oxygen atoms in total. The number of aliphatic carboxylic acids is 1.